The lowest BCUT2D eigenvalue weighted by molar-refractivity contribution is -0.0985. The molecular formula is C18H33O. The summed E-state index contributed by atoms with van der Waals surface area (Å²) in [6.45, 7) is 0. The monoisotopic (exact) mass is 265 g/mol. The summed E-state index contributed by atoms with van der Waals surface area (Å²) in [7, 11) is 0. The Morgan fingerprint density at radius 2 is 0.895 bits per heavy atom. The van der Waals surface area contributed by atoms with Gasteiger partial charge >= 0.3 is 0 Å². The van der Waals surface area contributed by atoms with E-state index in [0.29, 0.717) is 5.92 Å². The summed E-state index contributed by atoms with van der Waals surface area (Å²) >= 11 is 0. The topological polar surface area (TPSA) is 19.9 Å². The SMILES string of the molecule is [O]C1(C2CCCCCCCC2)CCCCCCCC1. The minimum atomic E-state index is -0.561. The Labute approximate surface area is 120 Å². The molecule has 1 nitrogen and oxygen atoms in total. The van der Waals surface area contributed by atoms with E-state index in [9.17, 15) is 5.11 Å². The molecule has 0 N–H and O–H groups in total. The molecule has 2 saturated carbocycles. The van der Waals surface area contributed by atoms with E-state index < -0.39 is 5.60 Å². The summed E-state index contributed by atoms with van der Waals surface area (Å²) in [6, 6.07) is 0. The van der Waals surface area contributed by atoms with Crippen molar-refractivity contribution in [2.75, 3.05) is 0 Å². The normalized spacial score (nSPS) is 28.3. The maximum Gasteiger partial charge on any atom is 0.106 e. The van der Waals surface area contributed by atoms with Gasteiger partial charge in [-0.15, -0.1) is 0 Å². The molecule has 2 aliphatic carbocycles. The minimum absolute atomic E-state index is 0.490. The van der Waals surface area contributed by atoms with Gasteiger partial charge in [0.25, 0.3) is 0 Å². The van der Waals surface area contributed by atoms with Crippen LogP contribution in [-0.4, -0.2) is 5.60 Å². The standard InChI is InChI=1S/C18H33O/c19-18(15-11-7-3-4-8-12-16-18)17-13-9-5-1-2-6-10-14-17/h17H,1-16H2. The van der Waals surface area contributed by atoms with Gasteiger partial charge in [-0.05, 0) is 31.6 Å². The molecule has 0 aromatic heterocycles. The quantitative estimate of drug-likeness (QED) is 0.550. The van der Waals surface area contributed by atoms with E-state index in [2.05, 4.69) is 0 Å². The van der Waals surface area contributed by atoms with Gasteiger partial charge in [0.05, 0.1) is 0 Å². The molecule has 0 heterocycles. The lowest BCUT2D eigenvalue weighted by Crippen LogP contribution is -2.36. The summed E-state index contributed by atoms with van der Waals surface area (Å²) < 4.78 is 0. The van der Waals surface area contributed by atoms with Crippen molar-refractivity contribution in [2.24, 2.45) is 5.92 Å². The second-order valence-electron chi connectivity index (χ2n) is 7.08. The average molecular weight is 265 g/mol. The fourth-order valence-electron chi connectivity index (χ4n) is 4.25. The van der Waals surface area contributed by atoms with Crippen molar-refractivity contribution >= 4 is 0 Å². The Morgan fingerprint density at radius 1 is 0.526 bits per heavy atom. The molecule has 0 aromatic rings. The summed E-state index contributed by atoms with van der Waals surface area (Å²) in [4.78, 5) is 0. The van der Waals surface area contributed by atoms with Gasteiger partial charge in [0, 0.05) is 0 Å². The van der Waals surface area contributed by atoms with Crippen LogP contribution < -0.4 is 0 Å². The van der Waals surface area contributed by atoms with Crippen LogP contribution in [0.25, 0.3) is 0 Å². The van der Waals surface area contributed by atoms with E-state index in [1.54, 1.807) is 0 Å². The van der Waals surface area contributed by atoms with Crippen LogP contribution in [0, 0.1) is 5.92 Å². The Morgan fingerprint density at radius 3 is 1.37 bits per heavy atom. The first-order valence-electron chi connectivity index (χ1n) is 9.02. The van der Waals surface area contributed by atoms with Crippen molar-refractivity contribution in [3.05, 3.63) is 0 Å². The molecule has 0 spiro atoms. The fraction of sp³-hybridized carbons (Fsp3) is 1.00. The van der Waals surface area contributed by atoms with E-state index in [1.807, 2.05) is 0 Å². The lowest BCUT2D eigenvalue weighted by Gasteiger charge is -2.34. The lowest BCUT2D eigenvalue weighted by atomic mass is 9.75. The molecule has 1 radical (unpaired) electrons. The largest absolute Gasteiger partial charge is 0.229 e. The highest BCUT2D eigenvalue weighted by molar-refractivity contribution is 4.87. The molecule has 0 bridgehead atoms. The Kier molecular flexibility index (Phi) is 6.70. The van der Waals surface area contributed by atoms with Crippen molar-refractivity contribution in [3.8, 4) is 0 Å². The highest BCUT2D eigenvalue weighted by Crippen LogP contribution is 2.39. The van der Waals surface area contributed by atoms with E-state index >= 15 is 0 Å². The van der Waals surface area contributed by atoms with Crippen molar-refractivity contribution in [2.45, 2.75) is 108 Å². The molecule has 2 fully saturated rings. The van der Waals surface area contributed by atoms with Crippen LogP contribution in [0.1, 0.15) is 103 Å². The third kappa shape index (κ3) is 5.10. The molecule has 0 unspecified atom stereocenters. The molecule has 1 heteroatoms. The van der Waals surface area contributed by atoms with Gasteiger partial charge in [-0.3, -0.25) is 0 Å². The maximum atomic E-state index is 13.4. The van der Waals surface area contributed by atoms with Gasteiger partial charge in [0.15, 0.2) is 0 Å². The van der Waals surface area contributed by atoms with Crippen LogP contribution in [0.15, 0.2) is 0 Å². The van der Waals surface area contributed by atoms with Crippen LogP contribution in [0.4, 0.5) is 0 Å². The summed E-state index contributed by atoms with van der Waals surface area (Å²) in [5.41, 5.74) is -0.561. The van der Waals surface area contributed by atoms with Gasteiger partial charge in [0.1, 0.15) is 5.60 Å². The Balaban J connectivity index is 1.95. The predicted molar refractivity (Wildman–Crippen MR) is 80.8 cm³/mol. The van der Waals surface area contributed by atoms with Crippen LogP contribution in [0.2, 0.25) is 0 Å². The summed E-state index contributed by atoms with van der Waals surface area (Å²) in [5, 5.41) is 13.4. The van der Waals surface area contributed by atoms with Gasteiger partial charge in [0.2, 0.25) is 0 Å². The molecule has 2 aliphatic rings. The van der Waals surface area contributed by atoms with Crippen molar-refractivity contribution in [3.63, 3.8) is 0 Å². The number of rotatable bonds is 1. The van der Waals surface area contributed by atoms with Crippen LogP contribution in [0.3, 0.4) is 0 Å². The third-order valence-corrected chi connectivity index (χ3v) is 5.55. The minimum Gasteiger partial charge on any atom is -0.229 e. The molecule has 19 heavy (non-hydrogen) atoms. The summed E-state index contributed by atoms with van der Waals surface area (Å²) in [5.74, 6) is 0.490. The van der Waals surface area contributed by atoms with Crippen molar-refractivity contribution in [1.29, 1.82) is 0 Å². The van der Waals surface area contributed by atoms with E-state index in [0.717, 1.165) is 12.8 Å². The predicted octanol–water partition coefficient (Wildman–Crippen LogP) is 6.04. The maximum absolute atomic E-state index is 13.4. The molecule has 0 saturated heterocycles. The van der Waals surface area contributed by atoms with E-state index in [-0.39, 0.29) is 0 Å². The van der Waals surface area contributed by atoms with Crippen LogP contribution >= 0.6 is 0 Å². The first kappa shape index (κ1) is 15.4. The van der Waals surface area contributed by atoms with Crippen molar-refractivity contribution < 1.29 is 5.11 Å². The Bertz CT molecular complexity index is 216. The number of hydrogen-bond donors (Lipinski definition) is 0. The van der Waals surface area contributed by atoms with Gasteiger partial charge in [-0.25, -0.2) is 5.11 Å². The molecule has 0 atom stereocenters. The zero-order chi connectivity index (χ0) is 13.4. The second kappa shape index (κ2) is 8.29. The Hall–Kier alpha value is -0.0400. The molecule has 0 aliphatic heterocycles. The van der Waals surface area contributed by atoms with E-state index in [1.165, 1.54) is 89.9 Å². The molecule has 2 rings (SSSR count). The average Bonchev–Trinajstić information content (AvgIpc) is 2.61. The van der Waals surface area contributed by atoms with E-state index in [4.69, 9.17) is 0 Å². The first-order chi connectivity index (χ1) is 9.31. The highest BCUT2D eigenvalue weighted by atomic mass is 16.3. The van der Waals surface area contributed by atoms with Gasteiger partial charge in [-0.1, -0.05) is 77.0 Å². The zero-order valence-corrected chi connectivity index (χ0v) is 12.8. The number of hydrogen-bond acceptors (Lipinski definition) is 0. The van der Waals surface area contributed by atoms with Crippen LogP contribution in [0.5, 0.6) is 0 Å². The second-order valence-corrected chi connectivity index (χ2v) is 7.08. The highest BCUT2D eigenvalue weighted by Gasteiger charge is 2.37. The smallest absolute Gasteiger partial charge is 0.106 e. The summed E-state index contributed by atoms with van der Waals surface area (Å²) in [6.07, 6.45) is 20.3. The first-order valence-corrected chi connectivity index (χ1v) is 9.02. The molecule has 0 aromatic carbocycles. The van der Waals surface area contributed by atoms with Crippen molar-refractivity contribution in [1.82, 2.24) is 0 Å². The third-order valence-electron chi connectivity index (χ3n) is 5.55. The van der Waals surface area contributed by atoms with Crippen LogP contribution in [-0.2, 0) is 5.11 Å². The fourth-order valence-corrected chi connectivity index (χ4v) is 4.25. The van der Waals surface area contributed by atoms with Gasteiger partial charge in [-0.2, -0.15) is 0 Å². The molecule has 0 amide bonds. The van der Waals surface area contributed by atoms with Gasteiger partial charge < -0.3 is 0 Å². The zero-order valence-electron chi connectivity index (χ0n) is 12.8. The molecule has 111 valence electrons. The molecular weight excluding hydrogens is 232 g/mol.